The molecule has 0 heterocycles. The number of hydrogen-bond donors (Lipinski definition) is 2. The molecule has 3 unspecified atom stereocenters. The summed E-state index contributed by atoms with van der Waals surface area (Å²) in [4.78, 5) is 23.6. The highest BCUT2D eigenvalue weighted by atomic mass is 16.4. The van der Waals surface area contributed by atoms with Crippen molar-refractivity contribution in [1.29, 1.82) is 0 Å². The molecule has 4 heteroatoms. The minimum Gasteiger partial charge on any atom is -0.481 e. The molecule has 0 aromatic rings. The zero-order valence-corrected chi connectivity index (χ0v) is 19.9. The Hall–Kier alpha value is -1.12. The van der Waals surface area contributed by atoms with Crippen molar-refractivity contribution in [2.45, 2.75) is 98.0 Å². The minimum atomic E-state index is -0.704. The Bertz CT molecular complexity index is 752. The van der Waals surface area contributed by atoms with Crippen LogP contribution in [0.1, 0.15) is 91.9 Å². The molecule has 4 rings (SSSR count). The van der Waals surface area contributed by atoms with Crippen molar-refractivity contribution < 1.29 is 19.8 Å². The van der Waals surface area contributed by atoms with Crippen LogP contribution < -0.4 is 0 Å². The number of rotatable bonds is 5. The number of carboxylic acids is 1. The molecule has 0 spiro atoms. The number of carbonyl (C=O) groups is 1. The lowest BCUT2D eigenvalue weighted by molar-refractivity contribution is -0.137. The summed E-state index contributed by atoms with van der Waals surface area (Å²) in [5, 5.41) is 20.0. The number of aliphatic carboxylic acids is 1. The molecule has 4 aliphatic carbocycles. The molecule has 4 aliphatic rings. The van der Waals surface area contributed by atoms with Crippen LogP contribution in [0.2, 0.25) is 0 Å². The van der Waals surface area contributed by atoms with Crippen molar-refractivity contribution in [2.75, 3.05) is 0 Å². The number of carbonyl (C=O) groups excluding carboxylic acids is 1. The Kier molecular flexibility index (Phi) is 6.20. The maximum atomic E-state index is 12.5. The molecule has 0 amide bonds. The molecule has 0 saturated heterocycles. The van der Waals surface area contributed by atoms with Crippen LogP contribution in [0.4, 0.5) is 0 Å². The molecule has 10 atom stereocenters. The summed E-state index contributed by atoms with van der Waals surface area (Å²) in [7, 11) is 0. The first-order valence-corrected chi connectivity index (χ1v) is 12.8. The smallest absolute Gasteiger partial charge is 0.303 e. The fraction of sp³-hybridized carbons (Fsp3) is 0.889. The molecule has 2 N–H and O–H groups in total. The van der Waals surface area contributed by atoms with Crippen LogP contribution in [0.3, 0.4) is 0 Å². The lowest BCUT2D eigenvalue weighted by atomic mass is 9.41. The van der Waals surface area contributed by atoms with Gasteiger partial charge in [-0.1, -0.05) is 33.6 Å². The molecule has 4 fully saturated rings. The maximum absolute atomic E-state index is 12.5. The Morgan fingerprint density at radius 2 is 1.74 bits per heavy atom. The fourth-order valence-electron chi connectivity index (χ4n) is 9.45. The topological polar surface area (TPSA) is 74.6 Å². The molecule has 31 heavy (non-hydrogen) atoms. The molecule has 0 aromatic heterocycles. The third-order valence-electron chi connectivity index (χ3n) is 10.8. The molecule has 4 saturated carbocycles. The standard InChI is InChI=1S/C27H42O4/c1-16(8-11-23(30)31)19-9-10-21-25-18(15-28)24(17(2)29)20-7-5-6-13-26(20,3)22(25)12-14-27(19,21)4/h16-17,19-22,24-25,29H,5-14H2,1-4H3,(H,30,31)/t16?,17?,19-,20?,21+,22+,24+,25+,26+,27-/m1/s1. The zero-order chi connectivity index (χ0) is 22.6. The largest absolute Gasteiger partial charge is 0.481 e. The van der Waals surface area contributed by atoms with Gasteiger partial charge in [0.1, 0.15) is 5.94 Å². The highest BCUT2D eigenvalue weighted by Gasteiger charge is 2.64. The number of aliphatic hydroxyl groups excluding tert-OH is 1. The van der Waals surface area contributed by atoms with Crippen molar-refractivity contribution in [3.05, 3.63) is 5.57 Å². The highest BCUT2D eigenvalue weighted by Crippen LogP contribution is 2.70. The van der Waals surface area contributed by atoms with E-state index in [4.69, 9.17) is 0 Å². The molecule has 0 aromatic carbocycles. The van der Waals surface area contributed by atoms with Crippen molar-refractivity contribution >= 4 is 11.9 Å². The number of aliphatic hydroxyl groups is 1. The third-order valence-corrected chi connectivity index (χ3v) is 10.8. The van der Waals surface area contributed by atoms with Gasteiger partial charge in [-0.25, -0.2) is 4.79 Å². The van der Waals surface area contributed by atoms with Crippen molar-refractivity contribution in [3.63, 3.8) is 0 Å². The van der Waals surface area contributed by atoms with Crippen LogP contribution in [0.5, 0.6) is 0 Å². The van der Waals surface area contributed by atoms with Gasteiger partial charge in [0.2, 0.25) is 0 Å². The monoisotopic (exact) mass is 430 g/mol. The Morgan fingerprint density at radius 1 is 1.03 bits per heavy atom. The van der Waals surface area contributed by atoms with Gasteiger partial charge in [-0.2, -0.15) is 0 Å². The van der Waals surface area contributed by atoms with Gasteiger partial charge in [-0.05, 0) is 98.2 Å². The van der Waals surface area contributed by atoms with Gasteiger partial charge in [0.05, 0.1) is 6.10 Å². The summed E-state index contributed by atoms with van der Waals surface area (Å²) in [5.41, 5.74) is 1.26. The van der Waals surface area contributed by atoms with E-state index < -0.39 is 12.1 Å². The van der Waals surface area contributed by atoms with Crippen LogP contribution in [-0.4, -0.2) is 28.2 Å². The van der Waals surface area contributed by atoms with E-state index in [1.165, 1.54) is 25.7 Å². The maximum Gasteiger partial charge on any atom is 0.303 e. The minimum absolute atomic E-state index is 0.0464. The van der Waals surface area contributed by atoms with E-state index in [9.17, 15) is 19.8 Å². The average molecular weight is 431 g/mol. The average Bonchev–Trinajstić information content (AvgIpc) is 3.07. The summed E-state index contributed by atoms with van der Waals surface area (Å²) < 4.78 is 0. The predicted molar refractivity (Wildman–Crippen MR) is 121 cm³/mol. The van der Waals surface area contributed by atoms with Gasteiger partial charge < -0.3 is 10.2 Å². The first-order chi connectivity index (χ1) is 14.6. The quantitative estimate of drug-likeness (QED) is 0.564. The van der Waals surface area contributed by atoms with E-state index in [1.54, 1.807) is 0 Å². The number of hydrogen-bond acceptors (Lipinski definition) is 3. The van der Waals surface area contributed by atoms with Crippen molar-refractivity contribution in [2.24, 2.45) is 52.3 Å². The first-order valence-electron chi connectivity index (χ1n) is 12.8. The second-order valence-corrected chi connectivity index (χ2v) is 12.1. The third kappa shape index (κ3) is 3.53. The SMILES string of the molecule is CC(O)[C@H]1C(=C=O)[C@H]2[C@@H]3CC[C@H](C(C)CCC(=O)O)[C@@]3(C)CC[C@@H]2[C@@]2(C)CCCCC12. The Morgan fingerprint density at radius 3 is 2.39 bits per heavy atom. The second kappa shape index (κ2) is 8.34. The summed E-state index contributed by atoms with van der Waals surface area (Å²) >= 11 is 0. The molecule has 0 aliphatic heterocycles. The van der Waals surface area contributed by atoms with Gasteiger partial charge >= 0.3 is 5.97 Å². The molecule has 0 radical (unpaired) electrons. The van der Waals surface area contributed by atoms with E-state index in [2.05, 4.69) is 26.7 Å². The van der Waals surface area contributed by atoms with E-state index in [-0.39, 0.29) is 29.1 Å². The summed E-state index contributed by atoms with van der Waals surface area (Å²) in [6.07, 6.45) is 9.90. The van der Waals surface area contributed by atoms with E-state index in [1.807, 2.05) is 6.92 Å². The van der Waals surface area contributed by atoms with E-state index in [0.717, 1.165) is 37.7 Å². The lowest BCUT2D eigenvalue weighted by Gasteiger charge is -2.63. The van der Waals surface area contributed by atoms with Crippen LogP contribution in [0, 0.1) is 52.3 Å². The zero-order valence-electron chi connectivity index (χ0n) is 19.9. The van der Waals surface area contributed by atoms with Crippen LogP contribution in [0.25, 0.3) is 0 Å². The van der Waals surface area contributed by atoms with Crippen LogP contribution in [-0.2, 0) is 9.59 Å². The normalized spacial score (nSPS) is 46.3. The van der Waals surface area contributed by atoms with Crippen molar-refractivity contribution in [3.8, 4) is 0 Å². The number of fused-ring (bicyclic) bond motifs is 5. The van der Waals surface area contributed by atoms with Gasteiger partial charge in [-0.15, -0.1) is 0 Å². The van der Waals surface area contributed by atoms with Gasteiger partial charge in [0.15, 0.2) is 0 Å². The molecular weight excluding hydrogens is 388 g/mol. The number of carboxylic acid groups (broad SMARTS) is 1. The van der Waals surface area contributed by atoms with Crippen molar-refractivity contribution in [1.82, 2.24) is 0 Å². The van der Waals surface area contributed by atoms with E-state index >= 15 is 0 Å². The summed E-state index contributed by atoms with van der Waals surface area (Å²) in [5.74, 6) is 4.21. The Labute approximate surface area is 187 Å². The summed E-state index contributed by atoms with van der Waals surface area (Å²) in [6, 6.07) is 0. The Balaban J connectivity index is 1.69. The lowest BCUT2D eigenvalue weighted by Crippen LogP contribution is -2.58. The summed E-state index contributed by atoms with van der Waals surface area (Å²) in [6.45, 7) is 9.01. The highest BCUT2D eigenvalue weighted by molar-refractivity contribution is 5.66. The molecule has 4 nitrogen and oxygen atoms in total. The molecular formula is C27H42O4. The van der Waals surface area contributed by atoms with Crippen LogP contribution in [0.15, 0.2) is 5.57 Å². The second-order valence-electron chi connectivity index (χ2n) is 12.1. The molecule has 0 bridgehead atoms. The van der Waals surface area contributed by atoms with Gasteiger partial charge in [0.25, 0.3) is 0 Å². The fourth-order valence-corrected chi connectivity index (χ4v) is 9.45. The molecule has 174 valence electrons. The van der Waals surface area contributed by atoms with Gasteiger partial charge in [-0.3, -0.25) is 4.79 Å². The van der Waals surface area contributed by atoms with E-state index in [0.29, 0.717) is 29.6 Å². The van der Waals surface area contributed by atoms with Crippen LogP contribution >= 0.6 is 0 Å². The first kappa shape index (κ1) is 23.1. The van der Waals surface area contributed by atoms with Gasteiger partial charge in [0, 0.05) is 17.9 Å². The predicted octanol–water partition coefficient (Wildman–Crippen LogP) is 5.51.